The topological polar surface area (TPSA) is 116 Å². The highest BCUT2D eigenvalue weighted by Gasteiger charge is 2.24. The summed E-state index contributed by atoms with van der Waals surface area (Å²) in [4.78, 5) is 19.6. The van der Waals surface area contributed by atoms with Crippen molar-refractivity contribution >= 4 is 17.1 Å². The first-order valence-electron chi connectivity index (χ1n) is 6.87. The molecule has 0 unspecified atom stereocenters. The Bertz CT molecular complexity index is 868. The van der Waals surface area contributed by atoms with Gasteiger partial charge in [0.2, 0.25) is 0 Å². The van der Waals surface area contributed by atoms with Crippen molar-refractivity contribution in [3.63, 3.8) is 0 Å². The van der Waals surface area contributed by atoms with Gasteiger partial charge in [-0.15, -0.1) is 0 Å². The van der Waals surface area contributed by atoms with E-state index < -0.39 is 11.7 Å². The molecule has 3 rings (SSSR count). The average molecular weight is 313 g/mol. The second kappa shape index (κ2) is 5.33. The standard InChI is InChI=1S/C15H15N5O3/c1-15(2,22)13-17-8-10-11(18-13)12(23-14(16)21)20(19-10)9-6-4-3-5-7-9/h3-8,22H,1-2H3,(H2,16,21). The second-order valence-corrected chi connectivity index (χ2v) is 5.46. The lowest BCUT2D eigenvalue weighted by atomic mass is 10.1. The average Bonchev–Trinajstić information content (AvgIpc) is 2.85. The van der Waals surface area contributed by atoms with Crippen molar-refractivity contribution in [1.82, 2.24) is 19.7 Å². The zero-order valence-corrected chi connectivity index (χ0v) is 12.6. The number of para-hydroxylation sites is 1. The highest BCUT2D eigenvalue weighted by molar-refractivity contribution is 5.83. The molecule has 1 amide bonds. The maximum Gasteiger partial charge on any atom is 0.411 e. The maximum atomic E-state index is 11.2. The number of amides is 1. The predicted octanol–water partition coefficient (Wildman–Crippen LogP) is 1.50. The number of carbonyl (C=O) groups is 1. The summed E-state index contributed by atoms with van der Waals surface area (Å²) in [5, 5.41) is 14.4. The van der Waals surface area contributed by atoms with Gasteiger partial charge in [-0.2, -0.15) is 9.78 Å². The molecule has 2 heterocycles. The second-order valence-electron chi connectivity index (χ2n) is 5.46. The fourth-order valence-electron chi connectivity index (χ4n) is 2.09. The number of rotatable bonds is 3. The Hall–Kier alpha value is -3.00. The van der Waals surface area contributed by atoms with Crippen molar-refractivity contribution in [1.29, 1.82) is 0 Å². The zero-order valence-electron chi connectivity index (χ0n) is 12.6. The van der Waals surface area contributed by atoms with Gasteiger partial charge in [0.1, 0.15) is 11.1 Å². The molecule has 0 aliphatic carbocycles. The van der Waals surface area contributed by atoms with Crippen LogP contribution in [0.3, 0.4) is 0 Å². The van der Waals surface area contributed by atoms with E-state index in [9.17, 15) is 9.90 Å². The predicted molar refractivity (Wildman–Crippen MR) is 82.1 cm³/mol. The molecule has 0 bridgehead atoms. The van der Waals surface area contributed by atoms with Crippen LogP contribution in [0.2, 0.25) is 0 Å². The molecule has 8 nitrogen and oxygen atoms in total. The molecule has 1 aromatic carbocycles. The quantitative estimate of drug-likeness (QED) is 0.757. The van der Waals surface area contributed by atoms with Gasteiger partial charge in [-0.1, -0.05) is 18.2 Å². The summed E-state index contributed by atoms with van der Waals surface area (Å²) < 4.78 is 6.50. The van der Waals surface area contributed by atoms with Gasteiger partial charge in [0.15, 0.2) is 11.3 Å². The van der Waals surface area contributed by atoms with Crippen LogP contribution in [-0.2, 0) is 5.60 Å². The van der Waals surface area contributed by atoms with Gasteiger partial charge in [0.25, 0.3) is 5.88 Å². The molecule has 0 radical (unpaired) electrons. The highest BCUT2D eigenvalue weighted by atomic mass is 16.6. The van der Waals surface area contributed by atoms with Crippen LogP contribution in [0.1, 0.15) is 19.7 Å². The number of primary amides is 1. The molecule has 118 valence electrons. The molecule has 0 saturated heterocycles. The van der Waals surface area contributed by atoms with E-state index in [1.807, 2.05) is 18.2 Å². The van der Waals surface area contributed by atoms with Crippen LogP contribution in [0.25, 0.3) is 16.7 Å². The molecule has 8 heteroatoms. The van der Waals surface area contributed by atoms with Gasteiger partial charge in [-0.25, -0.2) is 14.8 Å². The molecule has 0 saturated carbocycles. The number of hydrogen-bond acceptors (Lipinski definition) is 6. The first-order valence-corrected chi connectivity index (χ1v) is 6.87. The lowest BCUT2D eigenvalue weighted by molar-refractivity contribution is 0.0691. The smallest absolute Gasteiger partial charge is 0.389 e. The molecule has 3 aromatic rings. The third-order valence-electron chi connectivity index (χ3n) is 3.12. The summed E-state index contributed by atoms with van der Waals surface area (Å²) in [6.45, 7) is 3.12. The van der Waals surface area contributed by atoms with Gasteiger partial charge in [-0.05, 0) is 26.0 Å². The Morgan fingerprint density at radius 1 is 1.30 bits per heavy atom. The van der Waals surface area contributed by atoms with E-state index in [4.69, 9.17) is 10.5 Å². The third kappa shape index (κ3) is 2.84. The summed E-state index contributed by atoms with van der Waals surface area (Å²) in [6, 6.07) is 9.09. The van der Waals surface area contributed by atoms with Gasteiger partial charge in [0, 0.05) is 0 Å². The van der Waals surface area contributed by atoms with Crippen molar-refractivity contribution in [2.75, 3.05) is 0 Å². The molecule has 0 aliphatic rings. The largest absolute Gasteiger partial charge is 0.411 e. The minimum atomic E-state index is -1.24. The van der Waals surface area contributed by atoms with E-state index in [2.05, 4.69) is 15.1 Å². The van der Waals surface area contributed by atoms with E-state index in [1.165, 1.54) is 10.9 Å². The van der Waals surface area contributed by atoms with Crippen molar-refractivity contribution < 1.29 is 14.6 Å². The number of ether oxygens (including phenoxy) is 1. The number of fused-ring (bicyclic) bond motifs is 1. The maximum absolute atomic E-state index is 11.2. The number of carbonyl (C=O) groups excluding carboxylic acids is 1. The lowest BCUT2D eigenvalue weighted by Gasteiger charge is -2.14. The fourth-order valence-corrected chi connectivity index (χ4v) is 2.09. The molecule has 0 aliphatic heterocycles. The SMILES string of the molecule is CC(C)(O)c1ncc2nn(-c3ccccc3)c(OC(N)=O)c2n1. The van der Waals surface area contributed by atoms with Gasteiger partial charge in [-0.3, -0.25) is 0 Å². The minimum Gasteiger partial charge on any atom is -0.389 e. The third-order valence-corrected chi connectivity index (χ3v) is 3.12. The monoisotopic (exact) mass is 313 g/mol. The Balaban J connectivity index is 2.26. The molecular formula is C15H15N5O3. The molecule has 0 spiro atoms. The van der Waals surface area contributed by atoms with Gasteiger partial charge in [0.05, 0.1) is 11.9 Å². The van der Waals surface area contributed by atoms with E-state index in [0.717, 1.165) is 0 Å². The summed E-state index contributed by atoms with van der Waals surface area (Å²) in [5.74, 6) is 0.263. The van der Waals surface area contributed by atoms with Crippen LogP contribution in [-0.4, -0.2) is 30.9 Å². The van der Waals surface area contributed by atoms with Crippen LogP contribution in [0.4, 0.5) is 4.79 Å². The molecular weight excluding hydrogens is 298 g/mol. The van der Waals surface area contributed by atoms with Crippen molar-refractivity contribution in [2.24, 2.45) is 5.73 Å². The lowest BCUT2D eigenvalue weighted by Crippen LogP contribution is -2.20. The summed E-state index contributed by atoms with van der Waals surface area (Å²) in [7, 11) is 0. The van der Waals surface area contributed by atoms with Crippen molar-refractivity contribution in [3.05, 3.63) is 42.4 Å². The molecule has 3 N–H and O–H groups in total. The van der Waals surface area contributed by atoms with E-state index in [-0.39, 0.29) is 11.7 Å². The Kier molecular flexibility index (Phi) is 3.45. The normalized spacial score (nSPS) is 11.6. The van der Waals surface area contributed by atoms with E-state index in [0.29, 0.717) is 16.7 Å². The first kappa shape index (κ1) is 14.9. The van der Waals surface area contributed by atoms with Gasteiger partial charge < -0.3 is 15.6 Å². The number of nitrogens with two attached hydrogens (primary N) is 1. The number of hydrogen-bond donors (Lipinski definition) is 2. The number of benzene rings is 1. The Morgan fingerprint density at radius 2 is 2.00 bits per heavy atom. The van der Waals surface area contributed by atoms with Crippen molar-refractivity contribution in [2.45, 2.75) is 19.4 Å². The number of aliphatic hydroxyl groups is 1. The molecule has 0 atom stereocenters. The Labute approximate surface area is 131 Å². The van der Waals surface area contributed by atoms with Gasteiger partial charge >= 0.3 is 6.09 Å². The van der Waals surface area contributed by atoms with Crippen LogP contribution in [0.5, 0.6) is 5.88 Å². The summed E-state index contributed by atoms with van der Waals surface area (Å²) >= 11 is 0. The van der Waals surface area contributed by atoms with E-state index >= 15 is 0 Å². The van der Waals surface area contributed by atoms with E-state index in [1.54, 1.807) is 26.0 Å². The zero-order chi connectivity index (χ0) is 16.6. The number of nitrogens with zero attached hydrogens (tertiary/aromatic N) is 4. The molecule has 23 heavy (non-hydrogen) atoms. The first-order chi connectivity index (χ1) is 10.9. The molecule has 2 aromatic heterocycles. The summed E-state index contributed by atoms with van der Waals surface area (Å²) in [6.07, 6.45) is 0.482. The van der Waals surface area contributed by atoms with Crippen LogP contribution in [0.15, 0.2) is 36.5 Å². The Morgan fingerprint density at radius 3 is 2.61 bits per heavy atom. The fraction of sp³-hybridized carbons (Fsp3) is 0.200. The van der Waals surface area contributed by atoms with Crippen LogP contribution >= 0.6 is 0 Å². The molecule has 0 fully saturated rings. The minimum absolute atomic E-state index is 0.0756. The van der Waals surface area contributed by atoms with Crippen LogP contribution in [0, 0.1) is 0 Å². The van der Waals surface area contributed by atoms with Crippen LogP contribution < -0.4 is 10.5 Å². The number of aromatic nitrogens is 4. The summed E-state index contributed by atoms with van der Waals surface area (Å²) in [5.41, 5.74) is 5.29. The highest BCUT2D eigenvalue weighted by Crippen LogP contribution is 2.28. The van der Waals surface area contributed by atoms with Crippen molar-refractivity contribution in [3.8, 4) is 11.6 Å².